The molecule has 0 amide bonds. The van der Waals surface area contributed by atoms with Crippen LogP contribution in [-0.4, -0.2) is 10.7 Å². The van der Waals surface area contributed by atoms with E-state index in [0.717, 1.165) is 28.5 Å². The molecule has 1 aromatic heterocycles. The van der Waals surface area contributed by atoms with Gasteiger partial charge in [0, 0.05) is 17.4 Å². The minimum atomic E-state index is 0.135. The van der Waals surface area contributed by atoms with E-state index in [1.54, 1.807) is 11.3 Å². The summed E-state index contributed by atoms with van der Waals surface area (Å²) in [4.78, 5) is 5.01. The van der Waals surface area contributed by atoms with Crippen molar-refractivity contribution in [3.8, 4) is 22.4 Å². The van der Waals surface area contributed by atoms with E-state index < -0.39 is 0 Å². The van der Waals surface area contributed by atoms with Crippen molar-refractivity contribution in [1.82, 2.24) is 4.98 Å². The van der Waals surface area contributed by atoms with Crippen LogP contribution in [0.15, 0.2) is 126 Å². The van der Waals surface area contributed by atoms with Crippen molar-refractivity contribution in [3.05, 3.63) is 132 Å². The second kappa shape index (κ2) is 9.08. The molecule has 0 saturated heterocycles. The zero-order valence-corrected chi connectivity index (χ0v) is 19.4. The Labute approximate surface area is 203 Å². The molecule has 0 unspecified atom stereocenters. The normalized spacial score (nSPS) is 15.4. The molecule has 1 aliphatic heterocycles. The lowest BCUT2D eigenvalue weighted by atomic mass is 9.99. The van der Waals surface area contributed by atoms with Crippen LogP contribution in [0.2, 0.25) is 0 Å². The third-order valence-electron chi connectivity index (χ3n) is 6.18. The van der Waals surface area contributed by atoms with Crippen molar-refractivity contribution in [2.75, 3.05) is 5.01 Å². The minimum Gasteiger partial charge on any atom is -0.231 e. The van der Waals surface area contributed by atoms with E-state index in [1.807, 2.05) is 12.1 Å². The Balaban J connectivity index is 1.32. The lowest BCUT2D eigenvalue weighted by Crippen LogP contribution is -2.18. The Hall–Kier alpha value is -4.02. The molecule has 6 rings (SSSR count). The first-order chi connectivity index (χ1) is 16.8. The van der Waals surface area contributed by atoms with Crippen molar-refractivity contribution in [3.63, 3.8) is 0 Å². The van der Waals surface area contributed by atoms with Gasteiger partial charge < -0.3 is 0 Å². The topological polar surface area (TPSA) is 28.5 Å². The Kier molecular flexibility index (Phi) is 5.50. The van der Waals surface area contributed by atoms with Crippen LogP contribution < -0.4 is 5.01 Å². The molecule has 0 aliphatic carbocycles. The molecule has 2 heterocycles. The molecule has 34 heavy (non-hydrogen) atoms. The molecule has 4 heteroatoms. The van der Waals surface area contributed by atoms with Gasteiger partial charge in [0.05, 0.1) is 17.4 Å². The number of hydrogen-bond acceptors (Lipinski definition) is 4. The molecule has 0 N–H and O–H groups in total. The van der Waals surface area contributed by atoms with Gasteiger partial charge in [-0.1, -0.05) is 115 Å². The van der Waals surface area contributed by atoms with Crippen LogP contribution in [0.5, 0.6) is 0 Å². The van der Waals surface area contributed by atoms with Crippen molar-refractivity contribution < 1.29 is 0 Å². The van der Waals surface area contributed by atoms with Crippen LogP contribution in [-0.2, 0) is 0 Å². The van der Waals surface area contributed by atoms with E-state index in [9.17, 15) is 0 Å². The Morgan fingerprint density at radius 2 is 1.18 bits per heavy atom. The standard InChI is InChI=1S/C30H23N3S/c1-4-10-22(11-5-1)23-16-18-25(19-17-23)28-21-34-30(31-28)33-29(26-14-8-3-9-15-26)20-27(32-33)24-12-6-2-7-13-24/h1-19,21,29H,20H2/t29-/m0/s1. The quantitative estimate of drug-likeness (QED) is 0.269. The fourth-order valence-electron chi connectivity index (χ4n) is 4.39. The molecule has 0 bridgehead atoms. The van der Waals surface area contributed by atoms with Gasteiger partial charge in [0.2, 0.25) is 5.13 Å². The summed E-state index contributed by atoms with van der Waals surface area (Å²) in [5, 5.41) is 10.2. The monoisotopic (exact) mass is 457 g/mol. The Morgan fingerprint density at radius 3 is 1.85 bits per heavy atom. The third-order valence-corrected chi connectivity index (χ3v) is 7.01. The zero-order valence-electron chi connectivity index (χ0n) is 18.6. The van der Waals surface area contributed by atoms with Gasteiger partial charge in [-0.25, -0.2) is 9.99 Å². The number of thiazole rings is 1. The number of hydrogen-bond donors (Lipinski definition) is 0. The number of nitrogens with zero attached hydrogens (tertiary/aromatic N) is 3. The minimum absolute atomic E-state index is 0.135. The maximum Gasteiger partial charge on any atom is 0.207 e. The summed E-state index contributed by atoms with van der Waals surface area (Å²) in [5.41, 5.74) is 8.04. The molecule has 0 spiro atoms. The Morgan fingerprint density at radius 1 is 0.618 bits per heavy atom. The van der Waals surface area contributed by atoms with E-state index in [-0.39, 0.29) is 6.04 Å². The average Bonchev–Trinajstić information content (AvgIpc) is 3.58. The first-order valence-electron chi connectivity index (χ1n) is 11.4. The molecule has 164 valence electrons. The highest BCUT2D eigenvalue weighted by molar-refractivity contribution is 7.14. The number of aromatic nitrogens is 1. The molecule has 4 aromatic carbocycles. The second-order valence-corrected chi connectivity index (χ2v) is 9.18. The largest absolute Gasteiger partial charge is 0.231 e. The van der Waals surface area contributed by atoms with Crippen LogP contribution >= 0.6 is 11.3 Å². The molecule has 5 aromatic rings. The maximum atomic E-state index is 5.05. The summed E-state index contributed by atoms with van der Waals surface area (Å²) >= 11 is 1.65. The summed E-state index contributed by atoms with van der Waals surface area (Å²) in [5.74, 6) is 0. The van der Waals surface area contributed by atoms with Gasteiger partial charge in [0.15, 0.2) is 0 Å². The maximum absolute atomic E-state index is 5.05. The van der Waals surface area contributed by atoms with Gasteiger partial charge in [-0.15, -0.1) is 11.3 Å². The first-order valence-corrected chi connectivity index (χ1v) is 12.3. The van der Waals surface area contributed by atoms with Gasteiger partial charge in [-0.05, 0) is 22.3 Å². The summed E-state index contributed by atoms with van der Waals surface area (Å²) in [6.07, 6.45) is 0.856. The van der Waals surface area contributed by atoms with Gasteiger partial charge in [0.25, 0.3) is 0 Å². The first kappa shape index (κ1) is 20.6. The van der Waals surface area contributed by atoms with Gasteiger partial charge in [-0.3, -0.25) is 0 Å². The lowest BCUT2D eigenvalue weighted by molar-refractivity contribution is 0.706. The van der Waals surface area contributed by atoms with Crippen LogP contribution in [0.25, 0.3) is 22.4 Å². The van der Waals surface area contributed by atoms with E-state index in [0.29, 0.717) is 0 Å². The molecule has 1 atom stereocenters. The molecular weight excluding hydrogens is 434 g/mol. The van der Waals surface area contributed by atoms with Gasteiger partial charge in [0.1, 0.15) is 0 Å². The number of benzene rings is 4. The molecule has 3 nitrogen and oxygen atoms in total. The summed E-state index contributed by atoms with van der Waals surface area (Å²) in [7, 11) is 0. The molecule has 0 radical (unpaired) electrons. The predicted octanol–water partition coefficient (Wildman–Crippen LogP) is 7.83. The summed E-state index contributed by atoms with van der Waals surface area (Å²) in [6, 6.07) is 40.3. The highest BCUT2D eigenvalue weighted by Crippen LogP contribution is 2.39. The second-order valence-electron chi connectivity index (χ2n) is 8.35. The highest BCUT2D eigenvalue weighted by atomic mass is 32.1. The molecule has 0 fully saturated rings. The van der Waals surface area contributed by atoms with E-state index >= 15 is 0 Å². The fraction of sp³-hybridized carbons (Fsp3) is 0.0667. The predicted molar refractivity (Wildman–Crippen MR) is 142 cm³/mol. The van der Waals surface area contributed by atoms with Gasteiger partial charge in [-0.2, -0.15) is 5.10 Å². The molecular formula is C30H23N3S. The molecule has 0 saturated carbocycles. The van der Waals surface area contributed by atoms with E-state index in [4.69, 9.17) is 10.1 Å². The SMILES string of the molecule is c1ccc(C2=NN(c3nc(-c4ccc(-c5ccccc5)cc4)cs3)[C@H](c3ccccc3)C2)cc1. The Bertz CT molecular complexity index is 1410. The zero-order chi connectivity index (χ0) is 22.7. The number of anilines is 1. The average molecular weight is 458 g/mol. The smallest absolute Gasteiger partial charge is 0.207 e. The van der Waals surface area contributed by atoms with E-state index in [2.05, 4.69) is 114 Å². The van der Waals surface area contributed by atoms with Crippen LogP contribution in [0.1, 0.15) is 23.6 Å². The van der Waals surface area contributed by atoms with Gasteiger partial charge >= 0.3 is 0 Å². The summed E-state index contributed by atoms with van der Waals surface area (Å²) < 4.78 is 0. The van der Waals surface area contributed by atoms with Crippen molar-refractivity contribution in [1.29, 1.82) is 0 Å². The van der Waals surface area contributed by atoms with Crippen LogP contribution in [0.4, 0.5) is 5.13 Å². The highest BCUT2D eigenvalue weighted by Gasteiger charge is 2.31. The lowest BCUT2D eigenvalue weighted by Gasteiger charge is -2.21. The fourth-order valence-corrected chi connectivity index (χ4v) is 5.23. The number of rotatable bonds is 5. The van der Waals surface area contributed by atoms with Crippen molar-refractivity contribution >= 4 is 22.2 Å². The van der Waals surface area contributed by atoms with E-state index in [1.165, 1.54) is 22.3 Å². The molecule has 1 aliphatic rings. The third kappa shape index (κ3) is 4.04. The summed E-state index contributed by atoms with van der Waals surface area (Å²) in [6.45, 7) is 0. The van der Waals surface area contributed by atoms with Crippen molar-refractivity contribution in [2.24, 2.45) is 5.10 Å². The van der Waals surface area contributed by atoms with Crippen molar-refractivity contribution in [2.45, 2.75) is 12.5 Å². The van der Waals surface area contributed by atoms with Crippen LogP contribution in [0.3, 0.4) is 0 Å². The van der Waals surface area contributed by atoms with Crippen LogP contribution in [0, 0.1) is 0 Å². The number of hydrazone groups is 1.